The maximum Gasteiger partial charge on any atom is 1.00 e. The number of nitriles is 1. The van der Waals surface area contributed by atoms with Crippen LogP contribution in [0.1, 0.15) is 11.1 Å². The molecule has 0 aliphatic carbocycles. The molecule has 0 saturated carbocycles. The number of hydrogen-bond donors (Lipinski definition) is 0. The van der Waals surface area contributed by atoms with Gasteiger partial charge in [0.05, 0.1) is 11.6 Å². The van der Waals surface area contributed by atoms with Crippen LogP contribution in [0.3, 0.4) is 0 Å². The van der Waals surface area contributed by atoms with Crippen molar-refractivity contribution in [2.24, 2.45) is 0 Å². The quantitative estimate of drug-likeness (QED) is 0.679. The van der Waals surface area contributed by atoms with Crippen molar-refractivity contribution in [3.05, 3.63) is 35.4 Å². The van der Waals surface area contributed by atoms with Gasteiger partial charge < -0.3 is 17.8 Å². The minimum atomic E-state index is -4.80. The molecule has 86 valence electrons. The van der Waals surface area contributed by atoms with Crippen LogP contribution >= 0.6 is 0 Å². The molecule has 0 radical (unpaired) electrons. The van der Waals surface area contributed by atoms with E-state index in [0.29, 0.717) is 11.1 Å². The first-order valence-electron chi connectivity index (χ1n) is 4.79. The van der Waals surface area contributed by atoms with Crippen LogP contribution in [0.15, 0.2) is 24.3 Å². The fourth-order valence-electron chi connectivity index (χ4n) is 1.47. The molecule has 0 aliphatic heterocycles. The second kappa shape index (κ2) is 7.56. The molecule has 0 atom stereocenters. The van der Waals surface area contributed by atoms with E-state index in [1.807, 2.05) is 6.07 Å². The second-order valence-corrected chi connectivity index (χ2v) is 3.72. The van der Waals surface area contributed by atoms with E-state index in [1.165, 1.54) is 11.9 Å². The summed E-state index contributed by atoms with van der Waals surface area (Å²) in [5, 5.41) is 8.64. The van der Waals surface area contributed by atoms with Gasteiger partial charge in [0.1, 0.15) is 0 Å². The zero-order valence-electron chi connectivity index (χ0n) is 9.83. The standard InChI is InChI=1S/C10H11BF3N2.K/c1-16(8-11(12,13)14)7-10-4-2-3-9(5-10)6-15;/h2-5H,7-8H2,1H3;/q-1;+1. The molecule has 2 nitrogen and oxygen atoms in total. The predicted molar refractivity (Wildman–Crippen MR) is 56.6 cm³/mol. The Balaban J connectivity index is 0.00000256. The van der Waals surface area contributed by atoms with Gasteiger partial charge in [-0.2, -0.15) is 5.26 Å². The van der Waals surface area contributed by atoms with Gasteiger partial charge in [-0.1, -0.05) is 12.1 Å². The van der Waals surface area contributed by atoms with Gasteiger partial charge in [-0.25, -0.2) is 0 Å². The van der Waals surface area contributed by atoms with Crippen LogP contribution in [0, 0.1) is 11.3 Å². The molecule has 0 heterocycles. The molecule has 1 rings (SSSR count). The molecule has 7 heteroatoms. The van der Waals surface area contributed by atoms with Crippen LogP contribution in [0.2, 0.25) is 0 Å². The van der Waals surface area contributed by atoms with Gasteiger partial charge in [0.15, 0.2) is 0 Å². The molecular formula is C10H11BF3KN2. The molecule has 0 spiro atoms. The van der Waals surface area contributed by atoms with Gasteiger partial charge in [-0.05, 0) is 31.2 Å². The molecule has 0 bridgehead atoms. The Morgan fingerprint density at radius 1 is 1.35 bits per heavy atom. The summed E-state index contributed by atoms with van der Waals surface area (Å²) in [4.78, 5) is 1.19. The van der Waals surface area contributed by atoms with Gasteiger partial charge in [0.2, 0.25) is 0 Å². The van der Waals surface area contributed by atoms with E-state index in [2.05, 4.69) is 0 Å². The fraction of sp³-hybridized carbons (Fsp3) is 0.300. The van der Waals surface area contributed by atoms with E-state index in [9.17, 15) is 12.9 Å². The van der Waals surface area contributed by atoms with E-state index in [0.717, 1.165) is 0 Å². The van der Waals surface area contributed by atoms with Crippen molar-refractivity contribution < 1.29 is 64.3 Å². The van der Waals surface area contributed by atoms with Crippen molar-refractivity contribution in [1.82, 2.24) is 4.90 Å². The third-order valence-electron chi connectivity index (χ3n) is 2.03. The average Bonchev–Trinajstić information content (AvgIpc) is 2.15. The molecule has 17 heavy (non-hydrogen) atoms. The van der Waals surface area contributed by atoms with Crippen LogP contribution in [0.5, 0.6) is 0 Å². The molecule has 0 amide bonds. The number of rotatable bonds is 4. The van der Waals surface area contributed by atoms with Crippen molar-refractivity contribution in [2.75, 3.05) is 13.5 Å². The Hall–Kier alpha value is 0.161. The summed E-state index contributed by atoms with van der Waals surface area (Å²) >= 11 is 0. The molecular weight excluding hydrogens is 255 g/mol. The van der Waals surface area contributed by atoms with E-state index in [-0.39, 0.29) is 57.9 Å². The first-order chi connectivity index (χ1) is 7.40. The Bertz CT molecular complexity index is 403. The van der Waals surface area contributed by atoms with Crippen LogP contribution in [0.25, 0.3) is 0 Å². The molecule has 0 fully saturated rings. The molecule has 1 aromatic rings. The van der Waals surface area contributed by atoms with Crippen LogP contribution in [-0.4, -0.2) is 25.4 Å². The number of nitrogens with zero attached hydrogens (tertiary/aromatic N) is 2. The molecule has 0 saturated heterocycles. The average molecular weight is 266 g/mol. The Labute approximate surface area is 141 Å². The van der Waals surface area contributed by atoms with E-state index < -0.39 is 13.4 Å². The zero-order chi connectivity index (χ0) is 12.2. The summed E-state index contributed by atoms with van der Waals surface area (Å²) in [6.45, 7) is -4.61. The van der Waals surface area contributed by atoms with Gasteiger partial charge in [0.25, 0.3) is 0 Å². The zero-order valence-corrected chi connectivity index (χ0v) is 13.0. The van der Waals surface area contributed by atoms with Crippen LogP contribution in [-0.2, 0) is 6.54 Å². The van der Waals surface area contributed by atoms with E-state index in [4.69, 9.17) is 5.26 Å². The molecule has 1 aromatic carbocycles. The Kier molecular flexibility index (Phi) is 7.64. The minimum Gasteiger partial charge on any atom is -0.448 e. The van der Waals surface area contributed by atoms with Crippen LogP contribution < -0.4 is 51.4 Å². The Morgan fingerprint density at radius 2 is 2.00 bits per heavy atom. The molecule has 0 N–H and O–H groups in total. The monoisotopic (exact) mass is 266 g/mol. The number of hydrogen-bond acceptors (Lipinski definition) is 2. The first-order valence-corrected chi connectivity index (χ1v) is 4.79. The smallest absolute Gasteiger partial charge is 0.448 e. The van der Waals surface area contributed by atoms with Crippen molar-refractivity contribution in [3.63, 3.8) is 0 Å². The second-order valence-electron chi connectivity index (χ2n) is 3.72. The van der Waals surface area contributed by atoms with E-state index in [1.54, 1.807) is 24.3 Å². The summed E-state index contributed by atoms with van der Waals surface area (Å²) in [7, 11) is 1.41. The fourth-order valence-corrected chi connectivity index (χ4v) is 1.47. The summed E-state index contributed by atoms with van der Waals surface area (Å²) in [6.07, 6.45) is -0.892. The maximum atomic E-state index is 12.1. The topological polar surface area (TPSA) is 27.0 Å². The third-order valence-corrected chi connectivity index (χ3v) is 2.03. The maximum absolute atomic E-state index is 12.1. The van der Waals surface area contributed by atoms with Gasteiger partial charge in [-0.3, -0.25) is 0 Å². The van der Waals surface area contributed by atoms with Crippen molar-refractivity contribution in [2.45, 2.75) is 6.54 Å². The first kappa shape index (κ1) is 17.2. The number of benzene rings is 1. The van der Waals surface area contributed by atoms with Gasteiger partial charge >= 0.3 is 58.4 Å². The molecule has 0 unspecified atom stereocenters. The van der Waals surface area contributed by atoms with Crippen molar-refractivity contribution in [1.29, 1.82) is 5.26 Å². The predicted octanol–water partition coefficient (Wildman–Crippen LogP) is -0.619. The number of halogens is 3. The van der Waals surface area contributed by atoms with Crippen molar-refractivity contribution in [3.8, 4) is 6.07 Å². The van der Waals surface area contributed by atoms with Crippen molar-refractivity contribution >= 4 is 6.98 Å². The Morgan fingerprint density at radius 3 is 2.53 bits per heavy atom. The van der Waals surface area contributed by atoms with E-state index >= 15 is 0 Å². The summed E-state index contributed by atoms with van der Waals surface area (Å²) in [5.41, 5.74) is 1.17. The summed E-state index contributed by atoms with van der Waals surface area (Å²) in [5.74, 6) is 0. The van der Waals surface area contributed by atoms with Gasteiger partial charge in [-0.15, -0.1) is 0 Å². The summed E-state index contributed by atoms with van der Waals surface area (Å²) < 4.78 is 36.4. The minimum absolute atomic E-state index is 0. The van der Waals surface area contributed by atoms with Crippen LogP contribution in [0.4, 0.5) is 12.9 Å². The molecule has 0 aromatic heterocycles. The SMILES string of the molecule is CN(Cc1cccc(C#N)c1)C[B-](F)(F)F.[K+]. The largest absolute Gasteiger partial charge is 1.00 e. The van der Waals surface area contributed by atoms with Gasteiger partial charge in [0, 0.05) is 6.54 Å². The third kappa shape index (κ3) is 7.24. The normalized spacial score (nSPS) is 10.8. The summed E-state index contributed by atoms with van der Waals surface area (Å²) in [6, 6.07) is 8.55. The molecule has 0 aliphatic rings.